The third-order valence-corrected chi connectivity index (χ3v) is 6.14. The van der Waals surface area contributed by atoms with E-state index >= 15 is 0 Å². The summed E-state index contributed by atoms with van der Waals surface area (Å²) in [6, 6.07) is 15.5. The lowest BCUT2D eigenvalue weighted by Gasteiger charge is -2.13. The Kier molecular flexibility index (Phi) is 6.36. The molecule has 0 fully saturated rings. The van der Waals surface area contributed by atoms with Crippen LogP contribution in [0.4, 0.5) is 5.69 Å². The number of hydrogen-bond acceptors (Lipinski definition) is 6. The van der Waals surface area contributed by atoms with Crippen LogP contribution in [0.3, 0.4) is 0 Å². The van der Waals surface area contributed by atoms with Gasteiger partial charge in [0.2, 0.25) is 15.9 Å². The van der Waals surface area contributed by atoms with Gasteiger partial charge in [-0.25, -0.2) is 13.6 Å². The first-order chi connectivity index (χ1) is 13.8. The quantitative estimate of drug-likeness (QED) is 0.555. The van der Waals surface area contributed by atoms with Crippen LogP contribution in [0, 0.1) is 0 Å². The van der Waals surface area contributed by atoms with Crippen molar-refractivity contribution in [1.29, 1.82) is 0 Å². The van der Waals surface area contributed by atoms with E-state index in [0.29, 0.717) is 17.4 Å². The van der Waals surface area contributed by atoms with Gasteiger partial charge in [0.15, 0.2) is 11.0 Å². The van der Waals surface area contributed by atoms with Crippen LogP contribution >= 0.6 is 11.8 Å². The molecule has 1 amide bonds. The summed E-state index contributed by atoms with van der Waals surface area (Å²) in [5.41, 5.74) is 1.31. The van der Waals surface area contributed by atoms with Crippen LogP contribution in [0.15, 0.2) is 64.6 Å². The van der Waals surface area contributed by atoms with E-state index in [4.69, 9.17) is 5.14 Å². The molecule has 3 N–H and O–H groups in total. The highest BCUT2D eigenvalue weighted by Crippen LogP contribution is 2.27. The number of amides is 1. The maximum atomic E-state index is 12.6. The van der Waals surface area contributed by atoms with Gasteiger partial charge in [0.25, 0.3) is 0 Å². The zero-order chi connectivity index (χ0) is 21.0. The summed E-state index contributed by atoms with van der Waals surface area (Å²) < 4.78 is 24.9. The maximum Gasteiger partial charge on any atom is 0.238 e. The SMILES string of the molecule is CCn1c(SC(C)C(=O)Nc2cccc(S(N)(=O)=O)c2)nnc1-c1ccccc1. The van der Waals surface area contributed by atoms with Crippen molar-refractivity contribution >= 4 is 33.4 Å². The van der Waals surface area contributed by atoms with Gasteiger partial charge < -0.3 is 9.88 Å². The molecular formula is C19H21N5O3S2. The first-order valence-corrected chi connectivity index (χ1v) is 11.3. The maximum absolute atomic E-state index is 12.6. The second kappa shape index (κ2) is 8.76. The van der Waals surface area contributed by atoms with Crippen LogP contribution in [0.1, 0.15) is 13.8 Å². The average Bonchev–Trinajstić information content (AvgIpc) is 3.10. The Morgan fingerprint density at radius 1 is 1.17 bits per heavy atom. The highest BCUT2D eigenvalue weighted by molar-refractivity contribution is 8.00. The molecule has 1 heterocycles. The van der Waals surface area contributed by atoms with Gasteiger partial charge in [0.05, 0.1) is 10.1 Å². The summed E-state index contributed by atoms with van der Waals surface area (Å²) in [6.45, 7) is 4.40. The topological polar surface area (TPSA) is 120 Å². The largest absolute Gasteiger partial charge is 0.325 e. The molecule has 1 unspecified atom stereocenters. The van der Waals surface area contributed by atoms with Crippen molar-refractivity contribution in [2.75, 3.05) is 5.32 Å². The minimum Gasteiger partial charge on any atom is -0.325 e. The Balaban J connectivity index is 1.75. The highest BCUT2D eigenvalue weighted by atomic mass is 32.2. The number of primary sulfonamides is 1. The van der Waals surface area contributed by atoms with Crippen molar-refractivity contribution in [2.45, 2.75) is 35.7 Å². The molecule has 0 aliphatic rings. The first-order valence-electron chi connectivity index (χ1n) is 8.88. The van der Waals surface area contributed by atoms with Gasteiger partial charge in [-0.1, -0.05) is 48.2 Å². The third-order valence-electron chi connectivity index (χ3n) is 4.15. The molecule has 3 aromatic rings. The number of hydrogen-bond donors (Lipinski definition) is 2. The Morgan fingerprint density at radius 3 is 2.55 bits per heavy atom. The summed E-state index contributed by atoms with van der Waals surface area (Å²) in [5.74, 6) is 0.456. The standard InChI is InChI=1S/C19H21N5O3S2/c1-3-24-17(14-8-5-4-6-9-14)22-23-19(24)28-13(2)18(25)21-15-10-7-11-16(12-15)29(20,26)27/h4-13H,3H2,1-2H3,(H,21,25)(H2,20,26,27). The van der Waals surface area contributed by atoms with Gasteiger partial charge in [-0.05, 0) is 32.0 Å². The predicted octanol–water partition coefficient (Wildman–Crippen LogP) is 2.73. The van der Waals surface area contributed by atoms with Crippen LogP contribution in [0.2, 0.25) is 0 Å². The average molecular weight is 432 g/mol. The van der Waals surface area contributed by atoms with Crippen molar-refractivity contribution in [3.63, 3.8) is 0 Å². The van der Waals surface area contributed by atoms with E-state index < -0.39 is 15.3 Å². The van der Waals surface area contributed by atoms with Crippen molar-refractivity contribution in [3.05, 3.63) is 54.6 Å². The van der Waals surface area contributed by atoms with Gasteiger partial charge in [-0.2, -0.15) is 0 Å². The minimum atomic E-state index is -3.84. The van der Waals surface area contributed by atoms with E-state index in [0.717, 1.165) is 11.4 Å². The molecular weight excluding hydrogens is 410 g/mol. The Hall–Kier alpha value is -2.69. The number of thioether (sulfide) groups is 1. The molecule has 8 nitrogen and oxygen atoms in total. The summed E-state index contributed by atoms with van der Waals surface area (Å²) in [5, 5.41) is 16.5. The first kappa shape index (κ1) is 21.0. The number of carbonyl (C=O) groups excluding carboxylic acids is 1. The molecule has 152 valence electrons. The smallest absolute Gasteiger partial charge is 0.238 e. The molecule has 29 heavy (non-hydrogen) atoms. The van der Waals surface area contributed by atoms with Crippen molar-refractivity contribution in [3.8, 4) is 11.4 Å². The second-order valence-corrected chi connectivity index (χ2v) is 9.11. The van der Waals surface area contributed by atoms with E-state index in [-0.39, 0.29) is 10.8 Å². The lowest BCUT2D eigenvalue weighted by molar-refractivity contribution is -0.115. The van der Waals surface area contributed by atoms with Crippen molar-refractivity contribution < 1.29 is 13.2 Å². The molecule has 2 aromatic carbocycles. The number of sulfonamides is 1. The number of nitrogens with one attached hydrogen (secondary N) is 1. The Labute approximate surface area is 173 Å². The Bertz CT molecular complexity index is 1110. The number of nitrogens with zero attached hydrogens (tertiary/aromatic N) is 3. The molecule has 0 saturated heterocycles. The molecule has 0 bridgehead atoms. The zero-order valence-corrected chi connectivity index (χ0v) is 17.6. The monoisotopic (exact) mass is 431 g/mol. The van der Waals surface area contributed by atoms with Crippen molar-refractivity contribution in [2.24, 2.45) is 5.14 Å². The number of anilines is 1. The molecule has 0 aliphatic carbocycles. The summed E-state index contributed by atoms with van der Waals surface area (Å²) in [4.78, 5) is 12.5. The van der Waals surface area contributed by atoms with E-state index in [9.17, 15) is 13.2 Å². The molecule has 3 rings (SSSR count). The summed E-state index contributed by atoms with van der Waals surface area (Å²) in [7, 11) is -3.84. The summed E-state index contributed by atoms with van der Waals surface area (Å²) in [6.07, 6.45) is 0. The normalized spacial score (nSPS) is 12.5. The van der Waals surface area contributed by atoms with Crippen molar-refractivity contribution in [1.82, 2.24) is 14.8 Å². The summed E-state index contributed by atoms with van der Waals surface area (Å²) >= 11 is 1.28. The lowest BCUT2D eigenvalue weighted by Crippen LogP contribution is -2.23. The van der Waals surface area contributed by atoms with Crippen LogP contribution in [-0.2, 0) is 21.4 Å². The number of benzene rings is 2. The lowest BCUT2D eigenvalue weighted by atomic mass is 10.2. The number of carbonyl (C=O) groups is 1. The second-order valence-electron chi connectivity index (χ2n) is 6.24. The van der Waals surface area contributed by atoms with Crippen LogP contribution < -0.4 is 10.5 Å². The molecule has 0 saturated carbocycles. The number of rotatable bonds is 7. The highest BCUT2D eigenvalue weighted by Gasteiger charge is 2.21. The van der Waals surface area contributed by atoms with Gasteiger partial charge >= 0.3 is 0 Å². The number of aromatic nitrogens is 3. The molecule has 0 spiro atoms. The molecule has 1 atom stereocenters. The van der Waals surface area contributed by atoms with Crippen LogP contribution in [0.25, 0.3) is 11.4 Å². The zero-order valence-electron chi connectivity index (χ0n) is 15.9. The van der Waals surface area contributed by atoms with E-state index in [1.807, 2.05) is 41.8 Å². The van der Waals surface area contributed by atoms with Crippen LogP contribution in [-0.4, -0.2) is 34.3 Å². The molecule has 1 aromatic heterocycles. The fourth-order valence-corrected chi connectivity index (χ4v) is 4.14. The van der Waals surface area contributed by atoms with E-state index in [1.54, 1.807) is 13.0 Å². The fourth-order valence-electron chi connectivity index (χ4n) is 2.67. The Morgan fingerprint density at radius 2 is 1.90 bits per heavy atom. The number of nitrogens with two attached hydrogens (primary N) is 1. The fraction of sp³-hybridized carbons (Fsp3) is 0.211. The van der Waals surface area contributed by atoms with E-state index in [2.05, 4.69) is 15.5 Å². The van der Waals surface area contributed by atoms with Gasteiger partial charge in [-0.3, -0.25) is 4.79 Å². The minimum absolute atomic E-state index is 0.0613. The molecule has 0 aliphatic heterocycles. The van der Waals surface area contributed by atoms with Gasteiger partial charge in [0.1, 0.15) is 0 Å². The third kappa shape index (κ3) is 5.03. The van der Waals surface area contributed by atoms with Crippen LogP contribution in [0.5, 0.6) is 0 Å². The molecule has 10 heteroatoms. The predicted molar refractivity (Wildman–Crippen MR) is 113 cm³/mol. The molecule has 0 radical (unpaired) electrons. The van der Waals surface area contributed by atoms with Gasteiger partial charge in [0, 0.05) is 17.8 Å². The van der Waals surface area contributed by atoms with Gasteiger partial charge in [-0.15, -0.1) is 10.2 Å². The van der Waals surface area contributed by atoms with E-state index in [1.165, 1.54) is 30.0 Å².